The third kappa shape index (κ3) is 10.4. The van der Waals surface area contributed by atoms with Gasteiger partial charge >= 0.3 is 0 Å². The van der Waals surface area contributed by atoms with E-state index in [1.54, 1.807) is 26.0 Å². The van der Waals surface area contributed by atoms with Gasteiger partial charge in [-0.25, -0.2) is 0 Å². The number of hydrogen-bond acceptors (Lipinski definition) is 8. The highest BCUT2D eigenvalue weighted by Crippen LogP contribution is 2.12. The molecule has 0 radical (unpaired) electrons. The van der Waals surface area contributed by atoms with Crippen molar-refractivity contribution in [3.8, 4) is 5.75 Å². The number of carboxylic acids is 1. The number of hydrogen-bond donors (Lipinski definition) is 6. The number of benzene rings is 1. The van der Waals surface area contributed by atoms with Crippen molar-refractivity contribution in [1.82, 2.24) is 21.3 Å². The molecule has 4 amide bonds. The molecular formula is C23H33N4O8-. The molecule has 194 valence electrons. The molecule has 0 heterocycles. The van der Waals surface area contributed by atoms with Gasteiger partial charge in [0.15, 0.2) is 0 Å². The van der Waals surface area contributed by atoms with E-state index in [1.807, 2.05) is 0 Å². The summed E-state index contributed by atoms with van der Waals surface area (Å²) in [6.45, 7) is 5.36. The summed E-state index contributed by atoms with van der Waals surface area (Å²) in [6.07, 6.45) is -0.489. The Bertz CT molecular complexity index is 903. The number of aliphatic hydroxyl groups is 1. The Morgan fingerprint density at radius 1 is 0.886 bits per heavy atom. The van der Waals surface area contributed by atoms with Crippen LogP contribution < -0.4 is 26.4 Å². The third-order valence-electron chi connectivity index (χ3n) is 5.05. The summed E-state index contributed by atoms with van der Waals surface area (Å²) in [5.41, 5.74) is 0.669. The molecule has 0 aliphatic heterocycles. The summed E-state index contributed by atoms with van der Waals surface area (Å²) in [6, 6.07) is 1.87. The molecule has 0 unspecified atom stereocenters. The number of phenols is 1. The first-order chi connectivity index (χ1) is 16.3. The monoisotopic (exact) mass is 493 g/mol. The van der Waals surface area contributed by atoms with Gasteiger partial charge in [0.2, 0.25) is 23.6 Å². The lowest BCUT2D eigenvalue weighted by Gasteiger charge is -2.27. The molecule has 35 heavy (non-hydrogen) atoms. The smallest absolute Gasteiger partial charge is 0.243 e. The minimum atomic E-state index is -1.45. The van der Waals surface area contributed by atoms with Crippen LogP contribution in [0, 0.1) is 5.92 Å². The molecule has 0 aliphatic rings. The molecule has 0 saturated heterocycles. The first-order valence-corrected chi connectivity index (χ1v) is 11.1. The molecule has 0 aromatic heterocycles. The first kappa shape index (κ1) is 29.4. The van der Waals surface area contributed by atoms with Crippen LogP contribution in [0.2, 0.25) is 0 Å². The lowest BCUT2D eigenvalue weighted by Crippen LogP contribution is -2.58. The van der Waals surface area contributed by atoms with Crippen LogP contribution in [0.3, 0.4) is 0 Å². The number of carbonyl (C=O) groups is 5. The molecule has 1 aromatic rings. The number of rotatable bonds is 13. The van der Waals surface area contributed by atoms with Crippen LogP contribution in [0.15, 0.2) is 24.3 Å². The Morgan fingerprint density at radius 3 is 1.97 bits per heavy atom. The van der Waals surface area contributed by atoms with Crippen molar-refractivity contribution in [3.05, 3.63) is 29.8 Å². The average molecular weight is 494 g/mol. The second-order valence-corrected chi connectivity index (χ2v) is 8.55. The maximum absolute atomic E-state index is 13.0. The number of aromatic hydroxyl groups is 1. The van der Waals surface area contributed by atoms with E-state index >= 15 is 0 Å². The minimum absolute atomic E-state index is 0.0499. The van der Waals surface area contributed by atoms with Crippen LogP contribution in [0.1, 0.15) is 39.7 Å². The summed E-state index contributed by atoms with van der Waals surface area (Å²) >= 11 is 0. The standard InChI is InChI=1S/C23H34N4O8/c1-12(2)20(23(35)24-13(3)21(33)26-16(11-28)10-19(31)32)27-22(34)18(25-14(4)29)9-15-5-7-17(30)8-6-15/h5-8,12-13,16,18,20,28,30H,9-11H2,1-4H3,(H,24,35)(H,25,29)(H,26,33)(H,27,34)(H,31,32)/p-1/t13-,16-,18-,20-/m0/s1. The number of nitrogens with one attached hydrogen (secondary N) is 4. The molecule has 12 heteroatoms. The number of aliphatic carboxylic acids is 1. The number of phenolic OH excluding ortho intramolecular Hbond substituents is 1. The highest BCUT2D eigenvalue weighted by Gasteiger charge is 2.30. The van der Waals surface area contributed by atoms with Gasteiger partial charge in [0, 0.05) is 25.7 Å². The molecule has 0 saturated carbocycles. The van der Waals surface area contributed by atoms with Crippen LogP contribution in [0.5, 0.6) is 5.75 Å². The SMILES string of the molecule is CC(=O)N[C@@H](Cc1ccc(O)cc1)C(=O)N[C@H](C(=O)N[C@@H](C)C(=O)N[C@H](CO)CC(=O)[O-])C(C)C. The van der Waals surface area contributed by atoms with Crippen molar-refractivity contribution in [3.63, 3.8) is 0 Å². The Balaban J connectivity index is 2.87. The fourth-order valence-electron chi connectivity index (χ4n) is 3.17. The predicted molar refractivity (Wildman–Crippen MR) is 122 cm³/mol. The fourth-order valence-corrected chi connectivity index (χ4v) is 3.17. The van der Waals surface area contributed by atoms with Gasteiger partial charge in [-0.15, -0.1) is 0 Å². The van der Waals surface area contributed by atoms with Crippen molar-refractivity contribution < 1.29 is 39.3 Å². The van der Waals surface area contributed by atoms with E-state index in [0.717, 1.165) is 0 Å². The topological polar surface area (TPSA) is 197 Å². The van der Waals surface area contributed by atoms with Crippen molar-refractivity contribution in [2.75, 3.05) is 6.61 Å². The molecule has 0 bridgehead atoms. The number of carboxylic acid groups (broad SMARTS) is 1. The predicted octanol–water partition coefficient (Wildman–Crippen LogP) is -2.30. The second-order valence-electron chi connectivity index (χ2n) is 8.55. The lowest BCUT2D eigenvalue weighted by atomic mass is 10.0. The first-order valence-electron chi connectivity index (χ1n) is 11.1. The number of amides is 4. The maximum atomic E-state index is 13.0. The van der Waals surface area contributed by atoms with Crippen molar-refractivity contribution >= 4 is 29.6 Å². The van der Waals surface area contributed by atoms with Crippen LogP contribution >= 0.6 is 0 Å². The summed E-state index contributed by atoms with van der Waals surface area (Å²) in [5, 5.41) is 39.2. The molecule has 12 nitrogen and oxygen atoms in total. The van der Waals surface area contributed by atoms with Gasteiger partial charge in [0.1, 0.15) is 23.9 Å². The molecule has 0 spiro atoms. The zero-order chi connectivity index (χ0) is 26.7. The Morgan fingerprint density at radius 2 is 1.49 bits per heavy atom. The zero-order valence-corrected chi connectivity index (χ0v) is 20.2. The number of aliphatic hydroxyl groups excluding tert-OH is 1. The minimum Gasteiger partial charge on any atom is -0.550 e. The van der Waals surface area contributed by atoms with E-state index in [1.165, 1.54) is 26.0 Å². The van der Waals surface area contributed by atoms with Gasteiger partial charge in [-0.2, -0.15) is 0 Å². The highest BCUT2D eigenvalue weighted by atomic mass is 16.4. The molecular weight excluding hydrogens is 460 g/mol. The van der Waals surface area contributed by atoms with E-state index < -0.39 is 66.8 Å². The largest absolute Gasteiger partial charge is 0.550 e. The summed E-state index contributed by atoms with van der Waals surface area (Å²) < 4.78 is 0. The fraction of sp³-hybridized carbons (Fsp3) is 0.522. The average Bonchev–Trinajstić information content (AvgIpc) is 2.76. The zero-order valence-electron chi connectivity index (χ0n) is 20.2. The van der Waals surface area contributed by atoms with Gasteiger partial charge in [-0.05, 0) is 30.5 Å². The van der Waals surface area contributed by atoms with Gasteiger partial charge in [-0.1, -0.05) is 26.0 Å². The lowest BCUT2D eigenvalue weighted by molar-refractivity contribution is -0.306. The van der Waals surface area contributed by atoms with Gasteiger partial charge in [-0.3, -0.25) is 19.2 Å². The van der Waals surface area contributed by atoms with E-state index in [-0.39, 0.29) is 18.1 Å². The normalized spacial score (nSPS) is 14.2. The van der Waals surface area contributed by atoms with Crippen molar-refractivity contribution in [2.24, 2.45) is 5.92 Å². The Kier molecular flexibility index (Phi) is 11.7. The van der Waals surface area contributed by atoms with Crippen LogP contribution in [-0.2, 0) is 30.4 Å². The summed E-state index contributed by atoms with van der Waals surface area (Å²) in [7, 11) is 0. The highest BCUT2D eigenvalue weighted by molar-refractivity contribution is 5.94. The van der Waals surface area contributed by atoms with Gasteiger partial charge in [0.25, 0.3) is 0 Å². The quantitative estimate of drug-likeness (QED) is 0.176. The van der Waals surface area contributed by atoms with Gasteiger partial charge in [0.05, 0.1) is 12.6 Å². The van der Waals surface area contributed by atoms with E-state index in [9.17, 15) is 39.3 Å². The summed E-state index contributed by atoms with van der Waals surface area (Å²) in [4.78, 5) is 60.4. The molecule has 6 N–H and O–H groups in total. The Labute approximate surface area is 203 Å². The molecule has 4 atom stereocenters. The molecule has 1 rings (SSSR count). The van der Waals surface area contributed by atoms with Gasteiger partial charge < -0.3 is 41.4 Å². The van der Waals surface area contributed by atoms with Crippen molar-refractivity contribution in [1.29, 1.82) is 0 Å². The van der Waals surface area contributed by atoms with Crippen LogP contribution in [0.4, 0.5) is 0 Å². The van der Waals surface area contributed by atoms with Crippen molar-refractivity contribution in [2.45, 2.75) is 64.7 Å². The Hall–Kier alpha value is -3.67. The van der Waals surface area contributed by atoms with E-state index in [2.05, 4.69) is 21.3 Å². The number of carbonyl (C=O) groups excluding carboxylic acids is 5. The van der Waals surface area contributed by atoms with E-state index in [0.29, 0.717) is 5.56 Å². The van der Waals surface area contributed by atoms with Crippen LogP contribution in [-0.4, -0.2) is 70.6 Å². The van der Waals surface area contributed by atoms with E-state index in [4.69, 9.17) is 0 Å². The maximum Gasteiger partial charge on any atom is 0.243 e. The second kappa shape index (κ2) is 13.9. The molecule has 0 aliphatic carbocycles. The molecule has 0 fully saturated rings. The molecule has 1 aromatic carbocycles. The summed E-state index contributed by atoms with van der Waals surface area (Å²) in [5.74, 6) is -4.25. The van der Waals surface area contributed by atoms with Crippen LogP contribution in [0.25, 0.3) is 0 Å². The third-order valence-corrected chi connectivity index (χ3v) is 5.05.